The Morgan fingerprint density at radius 3 is 2.83 bits per heavy atom. The maximum atomic E-state index is 13.5. The van der Waals surface area contributed by atoms with Crippen molar-refractivity contribution in [3.63, 3.8) is 0 Å². The summed E-state index contributed by atoms with van der Waals surface area (Å²) in [6, 6.07) is 6.05. The van der Waals surface area contributed by atoms with Gasteiger partial charge in [0.05, 0.1) is 0 Å². The number of oxazole rings is 1. The van der Waals surface area contributed by atoms with E-state index in [9.17, 15) is 9.18 Å². The molecule has 0 radical (unpaired) electrons. The van der Waals surface area contributed by atoms with E-state index in [2.05, 4.69) is 11.6 Å². The first-order chi connectivity index (χ1) is 11.0. The normalized spacial score (nSPS) is 10.4. The largest absolute Gasteiger partial charge is 0.481 e. The number of carbonyl (C=O) groups is 1. The number of aromatic nitrogens is 1. The van der Waals surface area contributed by atoms with E-state index >= 15 is 0 Å². The standard InChI is InChI=1S/C17H19FN2O3/c1-4-20(9-12(2)3)17(21)14-10-23-16(19-14)11-22-15-8-6-5-7-13(15)18/h5-8,10H,2,4,9,11H2,1,3H3. The highest BCUT2D eigenvalue weighted by atomic mass is 19.1. The molecule has 2 rings (SSSR count). The fourth-order valence-electron chi connectivity index (χ4n) is 1.99. The van der Waals surface area contributed by atoms with Crippen molar-refractivity contribution in [1.29, 1.82) is 0 Å². The number of likely N-dealkylation sites (N-methyl/N-ethyl adjacent to an activating group) is 1. The third kappa shape index (κ3) is 4.42. The molecule has 2 aromatic rings. The Morgan fingerprint density at radius 1 is 1.43 bits per heavy atom. The third-order valence-electron chi connectivity index (χ3n) is 3.09. The highest BCUT2D eigenvalue weighted by Crippen LogP contribution is 2.17. The van der Waals surface area contributed by atoms with Gasteiger partial charge in [-0.15, -0.1) is 0 Å². The molecular weight excluding hydrogens is 299 g/mol. The van der Waals surface area contributed by atoms with E-state index in [-0.39, 0.29) is 29.8 Å². The van der Waals surface area contributed by atoms with E-state index < -0.39 is 5.82 Å². The second-order valence-electron chi connectivity index (χ2n) is 5.12. The Morgan fingerprint density at radius 2 is 2.17 bits per heavy atom. The average Bonchev–Trinajstić information content (AvgIpc) is 3.00. The van der Waals surface area contributed by atoms with Gasteiger partial charge in [-0.3, -0.25) is 4.79 Å². The number of hydrogen-bond donors (Lipinski definition) is 0. The molecule has 122 valence electrons. The summed E-state index contributed by atoms with van der Waals surface area (Å²) < 4.78 is 24.0. The number of carbonyl (C=O) groups excluding carboxylic acids is 1. The molecule has 1 aromatic carbocycles. The number of ether oxygens (including phenoxy) is 1. The Bertz CT molecular complexity index is 697. The molecule has 1 heterocycles. The van der Waals surface area contributed by atoms with E-state index in [1.54, 1.807) is 17.0 Å². The number of rotatable bonds is 7. The van der Waals surface area contributed by atoms with Crippen LogP contribution in [0.15, 0.2) is 47.1 Å². The molecule has 5 nitrogen and oxygen atoms in total. The van der Waals surface area contributed by atoms with Crippen LogP contribution in [0, 0.1) is 5.82 Å². The summed E-state index contributed by atoms with van der Waals surface area (Å²) in [5.41, 5.74) is 1.08. The summed E-state index contributed by atoms with van der Waals surface area (Å²) in [5, 5.41) is 0. The second kappa shape index (κ2) is 7.58. The van der Waals surface area contributed by atoms with E-state index in [0.29, 0.717) is 13.1 Å². The van der Waals surface area contributed by atoms with Gasteiger partial charge in [-0.25, -0.2) is 9.37 Å². The lowest BCUT2D eigenvalue weighted by Crippen LogP contribution is -2.32. The smallest absolute Gasteiger partial charge is 0.276 e. The molecular formula is C17H19FN2O3. The number of halogens is 1. The molecule has 0 bridgehead atoms. The first-order valence-electron chi connectivity index (χ1n) is 7.26. The van der Waals surface area contributed by atoms with Gasteiger partial charge in [-0.1, -0.05) is 24.3 Å². The Hall–Kier alpha value is -2.63. The molecule has 0 aliphatic heterocycles. The van der Waals surface area contributed by atoms with Crippen molar-refractivity contribution < 1.29 is 18.3 Å². The van der Waals surface area contributed by atoms with Crippen LogP contribution in [0.5, 0.6) is 5.75 Å². The van der Waals surface area contributed by atoms with E-state index in [1.807, 2.05) is 13.8 Å². The van der Waals surface area contributed by atoms with Crippen LogP contribution >= 0.6 is 0 Å². The quantitative estimate of drug-likeness (QED) is 0.734. The van der Waals surface area contributed by atoms with Crippen molar-refractivity contribution in [2.45, 2.75) is 20.5 Å². The van der Waals surface area contributed by atoms with Crippen LogP contribution in [0.25, 0.3) is 0 Å². The molecule has 6 heteroatoms. The predicted molar refractivity (Wildman–Crippen MR) is 83.6 cm³/mol. The fourth-order valence-corrected chi connectivity index (χ4v) is 1.99. The SMILES string of the molecule is C=C(C)CN(CC)C(=O)c1coc(COc2ccccc2F)n1. The molecule has 0 aliphatic carbocycles. The number of nitrogens with zero attached hydrogens (tertiary/aromatic N) is 2. The molecule has 0 atom stereocenters. The Balaban J connectivity index is 2.01. The topological polar surface area (TPSA) is 55.6 Å². The molecule has 0 unspecified atom stereocenters. The van der Waals surface area contributed by atoms with Crippen LogP contribution in [-0.4, -0.2) is 28.9 Å². The summed E-state index contributed by atoms with van der Waals surface area (Å²) in [6.07, 6.45) is 1.28. The van der Waals surface area contributed by atoms with Gasteiger partial charge < -0.3 is 14.1 Å². The molecule has 0 saturated heterocycles. The van der Waals surface area contributed by atoms with Crippen molar-refractivity contribution in [2.24, 2.45) is 0 Å². The van der Waals surface area contributed by atoms with Crippen molar-refractivity contribution in [1.82, 2.24) is 9.88 Å². The molecule has 1 amide bonds. The van der Waals surface area contributed by atoms with Crippen LogP contribution in [0.2, 0.25) is 0 Å². The summed E-state index contributed by atoms with van der Waals surface area (Å²) in [4.78, 5) is 18.0. The average molecular weight is 318 g/mol. The number of para-hydroxylation sites is 1. The van der Waals surface area contributed by atoms with Gasteiger partial charge in [0, 0.05) is 13.1 Å². The zero-order valence-electron chi connectivity index (χ0n) is 13.2. The third-order valence-corrected chi connectivity index (χ3v) is 3.09. The minimum Gasteiger partial charge on any atom is -0.481 e. The maximum absolute atomic E-state index is 13.5. The maximum Gasteiger partial charge on any atom is 0.276 e. The van der Waals surface area contributed by atoms with Gasteiger partial charge in [0.2, 0.25) is 5.89 Å². The fraction of sp³-hybridized carbons (Fsp3) is 0.294. The van der Waals surface area contributed by atoms with Crippen molar-refractivity contribution in [3.05, 3.63) is 60.1 Å². The zero-order chi connectivity index (χ0) is 16.8. The monoisotopic (exact) mass is 318 g/mol. The van der Waals surface area contributed by atoms with E-state index in [0.717, 1.165) is 5.57 Å². The van der Waals surface area contributed by atoms with Crippen molar-refractivity contribution in [2.75, 3.05) is 13.1 Å². The van der Waals surface area contributed by atoms with Gasteiger partial charge in [0.15, 0.2) is 23.9 Å². The number of benzene rings is 1. The van der Waals surface area contributed by atoms with E-state index in [4.69, 9.17) is 9.15 Å². The summed E-state index contributed by atoms with van der Waals surface area (Å²) in [6.45, 7) is 8.48. The lowest BCUT2D eigenvalue weighted by molar-refractivity contribution is 0.0772. The van der Waals surface area contributed by atoms with Crippen molar-refractivity contribution in [3.8, 4) is 5.75 Å². The van der Waals surface area contributed by atoms with Crippen molar-refractivity contribution >= 4 is 5.91 Å². The molecule has 0 N–H and O–H groups in total. The van der Waals surface area contributed by atoms with Gasteiger partial charge in [0.25, 0.3) is 5.91 Å². The van der Waals surface area contributed by atoms with Crippen LogP contribution in [-0.2, 0) is 6.61 Å². The summed E-state index contributed by atoms with van der Waals surface area (Å²) in [7, 11) is 0. The van der Waals surface area contributed by atoms with Crippen LogP contribution in [0.4, 0.5) is 4.39 Å². The summed E-state index contributed by atoms with van der Waals surface area (Å²) in [5.74, 6) is -0.385. The van der Waals surface area contributed by atoms with Crippen LogP contribution < -0.4 is 4.74 Å². The van der Waals surface area contributed by atoms with Crippen LogP contribution in [0.1, 0.15) is 30.2 Å². The zero-order valence-corrected chi connectivity index (χ0v) is 13.2. The Labute approximate surface area is 134 Å². The molecule has 0 spiro atoms. The molecule has 0 saturated carbocycles. The first-order valence-corrected chi connectivity index (χ1v) is 7.26. The summed E-state index contributed by atoms with van der Waals surface area (Å²) >= 11 is 0. The van der Waals surface area contributed by atoms with Gasteiger partial charge in [-0.05, 0) is 26.0 Å². The molecule has 23 heavy (non-hydrogen) atoms. The lowest BCUT2D eigenvalue weighted by atomic mass is 10.3. The highest BCUT2D eigenvalue weighted by Gasteiger charge is 2.18. The first kappa shape index (κ1) is 16.7. The molecule has 1 aromatic heterocycles. The predicted octanol–water partition coefficient (Wildman–Crippen LogP) is 3.43. The Kier molecular flexibility index (Phi) is 5.51. The lowest BCUT2D eigenvalue weighted by Gasteiger charge is -2.19. The molecule has 0 aliphatic rings. The minimum atomic E-state index is -0.464. The van der Waals surface area contributed by atoms with Gasteiger partial charge in [-0.2, -0.15) is 0 Å². The highest BCUT2D eigenvalue weighted by molar-refractivity contribution is 5.92. The van der Waals surface area contributed by atoms with Gasteiger partial charge in [0.1, 0.15) is 6.26 Å². The number of hydrogen-bond acceptors (Lipinski definition) is 4. The minimum absolute atomic E-state index is 0.0547. The van der Waals surface area contributed by atoms with Crippen LogP contribution in [0.3, 0.4) is 0 Å². The molecule has 0 fully saturated rings. The van der Waals surface area contributed by atoms with E-state index in [1.165, 1.54) is 18.4 Å². The number of amides is 1. The van der Waals surface area contributed by atoms with Gasteiger partial charge >= 0.3 is 0 Å². The second-order valence-corrected chi connectivity index (χ2v) is 5.12.